The fourth-order valence-corrected chi connectivity index (χ4v) is 2.94. The molecule has 8 heteroatoms. The highest BCUT2D eigenvalue weighted by atomic mass is 19.3. The van der Waals surface area contributed by atoms with Crippen molar-refractivity contribution in [2.24, 2.45) is 0 Å². The molecule has 6 nitrogen and oxygen atoms in total. The molecule has 2 heterocycles. The Bertz CT molecular complexity index is 903. The fraction of sp³-hybridized carbons (Fsp3) is 0.400. The van der Waals surface area contributed by atoms with Gasteiger partial charge >= 0.3 is 6.43 Å². The first-order valence-corrected chi connectivity index (χ1v) is 9.15. The lowest BCUT2D eigenvalue weighted by Gasteiger charge is -2.11. The molecule has 0 fully saturated rings. The minimum Gasteiger partial charge on any atom is -0.494 e. The molecular formula is C20H22F2N4O2. The lowest BCUT2D eigenvalue weighted by Crippen LogP contribution is -2.03. The Labute approximate surface area is 162 Å². The van der Waals surface area contributed by atoms with E-state index in [4.69, 9.17) is 4.74 Å². The maximum absolute atomic E-state index is 12.7. The second-order valence-electron chi connectivity index (χ2n) is 6.51. The van der Waals surface area contributed by atoms with Crippen molar-refractivity contribution in [1.82, 2.24) is 20.3 Å². The number of benzene rings is 1. The maximum Gasteiger partial charge on any atom is 0.315 e. The number of aryl methyl sites for hydroxylation is 4. The summed E-state index contributed by atoms with van der Waals surface area (Å²) in [5, 5.41) is 12.0. The molecule has 0 saturated carbocycles. The van der Waals surface area contributed by atoms with Crippen LogP contribution >= 0.6 is 0 Å². The van der Waals surface area contributed by atoms with Crippen LogP contribution in [0.4, 0.5) is 8.78 Å². The van der Waals surface area contributed by atoms with Gasteiger partial charge in [0.15, 0.2) is 0 Å². The summed E-state index contributed by atoms with van der Waals surface area (Å²) in [6, 6.07) is 7.67. The van der Waals surface area contributed by atoms with Crippen molar-refractivity contribution >= 4 is 0 Å². The van der Waals surface area contributed by atoms with Crippen LogP contribution < -0.4 is 4.74 Å². The number of ether oxygens (including phenoxy) is 1. The number of rotatable bonds is 8. The third-order valence-electron chi connectivity index (χ3n) is 4.34. The molecule has 0 amide bonds. The van der Waals surface area contributed by atoms with Crippen molar-refractivity contribution in [3.63, 3.8) is 0 Å². The van der Waals surface area contributed by atoms with Crippen LogP contribution in [0.5, 0.6) is 5.75 Å². The molecule has 2 aromatic heterocycles. The highest BCUT2D eigenvalue weighted by molar-refractivity contribution is 5.65. The van der Waals surface area contributed by atoms with Gasteiger partial charge in [-0.05, 0) is 68.5 Å². The molecule has 3 rings (SSSR count). The molecule has 0 aliphatic rings. The quantitative estimate of drug-likeness (QED) is 0.523. The Hall–Kier alpha value is -2.90. The minimum atomic E-state index is -2.78. The van der Waals surface area contributed by atoms with Crippen LogP contribution in [0.25, 0.3) is 11.4 Å². The number of aromatic nitrogens is 4. The summed E-state index contributed by atoms with van der Waals surface area (Å²) in [6.07, 6.45) is -0.319. The van der Waals surface area contributed by atoms with Crippen molar-refractivity contribution in [2.75, 3.05) is 6.61 Å². The summed E-state index contributed by atoms with van der Waals surface area (Å²) in [4.78, 5) is 3.77. The van der Waals surface area contributed by atoms with Crippen molar-refractivity contribution in [3.8, 4) is 17.1 Å². The molecule has 0 bridgehead atoms. The summed E-state index contributed by atoms with van der Waals surface area (Å²) in [7, 11) is 0. The molecule has 28 heavy (non-hydrogen) atoms. The summed E-state index contributed by atoms with van der Waals surface area (Å²) in [5.74, 6) is 0.193. The van der Waals surface area contributed by atoms with E-state index in [1.165, 1.54) is 0 Å². The third kappa shape index (κ3) is 4.68. The van der Waals surface area contributed by atoms with Gasteiger partial charge in [-0.1, -0.05) is 12.1 Å². The van der Waals surface area contributed by atoms with Crippen LogP contribution in [-0.2, 0) is 12.8 Å². The summed E-state index contributed by atoms with van der Waals surface area (Å²) < 4.78 is 35.8. The van der Waals surface area contributed by atoms with Crippen molar-refractivity contribution in [2.45, 2.75) is 46.5 Å². The molecule has 0 aliphatic carbocycles. The van der Waals surface area contributed by atoms with Crippen molar-refractivity contribution in [3.05, 3.63) is 52.7 Å². The summed E-state index contributed by atoms with van der Waals surface area (Å²) >= 11 is 0. The highest BCUT2D eigenvalue weighted by Crippen LogP contribution is 2.30. The molecule has 0 atom stereocenters. The standard InChI is InChI=1S/C20H22F2N4O2/c1-4-14-7-8-15(25-24-14)6-5-9-27-16-10-12(2)17(13(3)11-16)19-23-20(18(21)22)28-26-19/h7-8,10-11,18H,4-6,9H2,1-3H3. The Morgan fingerprint density at radius 1 is 1.07 bits per heavy atom. The van der Waals surface area contributed by atoms with Crippen LogP contribution in [-0.4, -0.2) is 26.9 Å². The Balaban J connectivity index is 1.60. The van der Waals surface area contributed by atoms with E-state index < -0.39 is 12.3 Å². The number of hydrogen-bond acceptors (Lipinski definition) is 6. The molecule has 3 aromatic rings. The largest absolute Gasteiger partial charge is 0.494 e. The van der Waals surface area contributed by atoms with Gasteiger partial charge < -0.3 is 9.26 Å². The molecule has 148 valence electrons. The van der Waals surface area contributed by atoms with E-state index in [0.717, 1.165) is 41.8 Å². The van der Waals surface area contributed by atoms with Crippen LogP contribution in [0.15, 0.2) is 28.8 Å². The predicted molar refractivity (Wildman–Crippen MR) is 99.4 cm³/mol. The van der Waals surface area contributed by atoms with Gasteiger partial charge in [0, 0.05) is 5.56 Å². The van der Waals surface area contributed by atoms with Crippen LogP contribution in [0.2, 0.25) is 0 Å². The first kappa shape index (κ1) is 19.9. The van der Waals surface area contributed by atoms with Crippen molar-refractivity contribution in [1.29, 1.82) is 0 Å². The Kier molecular flexibility index (Phi) is 6.28. The first-order valence-electron chi connectivity index (χ1n) is 9.15. The van der Waals surface area contributed by atoms with Gasteiger partial charge in [-0.3, -0.25) is 0 Å². The molecule has 0 saturated heterocycles. The van der Waals surface area contributed by atoms with Gasteiger partial charge in [0.1, 0.15) is 5.75 Å². The average molecular weight is 388 g/mol. The maximum atomic E-state index is 12.7. The zero-order chi connectivity index (χ0) is 20.1. The first-order chi connectivity index (χ1) is 13.5. The fourth-order valence-electron chi connectivity index (χ4n) is 2.94. The highest BCUT2D eigenvalue weighted by Gasteiger charge is 2.19. The number of halogens is 2. The second kappa shape index (κ2) is 8.86. The monoisotopic (exact) mass is 388 g/mol. The molecular weight excluding hydrogens is 366 g/mol. The zero-order valence-corrected chi connectivity index (χ0v) is 16.1. The minimum absolute atomic E-state index is 0.158. The van der Waals surface area contributed by atoms with Crippen LogP contribution in [0.1, 0.15) is 48.2 Å². The normalized spacial score (nSPS) is 11.2. The van der Waals surface area contributed by atoms with Gasteiger partial charge in [-0.15, -0.1) is 0 Å². The summed E-state index contributed by atoms with van der Waals surface area (Å²) in [5.41, 5.74) is 4.26. The number of hydrogen-bond donors (Lipinski definition) is 0. The van der Waals surface area contributed by atoms with E-state index >= 15 is 0 Å². The van der Waals surface area contributed by atoms with Gasteiger partial charge in [0.05, 0.1) is 18.0 Å². The molecule has 0 spiro atoms. The van der Waals surface area contributed by atoms with Crippen LogP contribution in [0, 0.1) is 13.8 Å². The Morgan fingerprint density at radius 2 is 1.75 bits per heavy atom. The SMILES string of the molecule is CCc1ccc(CCCOc2cc(C)c(-c3noc(C(F)F)n3)c(C)c2)nn1. The molecule has 0 N–H and O–H groups in total. The lowest BCUT2D eigenvalue weighted by atomic mass is 10.0. The predicted octanol–water partition coefficient (Wildman–Crippen LogP) is 4.66. The van der Waals surface area contributed by atoms with E-state index in [2.05, 4.69) is 24.9 Å². The number of nitrogens with zero attached hydrogens (tertiary/aromatic N) is 4. The van der Waals surface area contributed by atoms with Crippen molar-refractivity contribution < 1.29 is 18.0 Å². The number of alkyl halides is 2. The van der Waals surface area contributed by atoms with E-state index in [9.17, 15) is 8.78 Å². The van der Waals surface area contributed by atoms with Gasteiger partial charge in [0.25, 0.3) is 5.89 Å². The van der Waals surface area contributed by atoms with Gasteiger partial charge in [-0.25, -0.2) is 0 Å². The second-order valence-corrected chi connectivity index (χ2v) is 6.51. The lowest BCUT2D eigenvalue weighted by molar-refractivity contribution is 0.106. The van der Waals surface area contributed by atoms with E-state index in [0.29, 0.717) is 17.9 Å². The zero-order valence-electron chi connectivity index (χ0n) is 16.1. The average Bonchev–Trinajstić information content (AvgIpc) is 3.15. The Morgan fingerprint density at radius 3 is 2.32 bits per heavy atom. The van der Waals surface area contributed by atoms with E-state index in [1.807, 2.05) is 45.0 Å². The van der Waals surface area contributed by atoms with Crippen LogP contribution in [0.3, 0.4) is 0 Å². The topological polar surface area (TPSA) is 73.9 Å². The molecule has 0 radical (unpaired) electrons. The van der Waals surface area contributed by atoms with E-state index in [-0.39, 0.29) is 5.82 Å². The molecule has 1 aromatic carbocycles. The van der Waals surface area contributed by atoms with E-state index in [1.54, 1.807) is 0 Å². The van der Waals surface area contributed by atoms with Gasteiger partial charge in [0.2, 0.25) is 5.82 Å². The smallest absolute Gasteiger partial charge is 0.315 e. The molecule has 0 aliphatic heterocycles. The summed E-state index contributed by atoms with van der Waals surface area (Å²) in [6.45, 7) is 6.30. The third-order valence-corrected chi connectivity index (χ3v) is 4.34. The molecule has 0 unspecified atom stereocenters. The van der Waals surface area contributed by atoms with Gasteiger partial charge in [-0.2, -0.15) is 24.0 Å².